The fourth-order valence-electron chi connectivity index (χ4n) is 2.48. The molecular weight excluding hydrogens is 372 g/mol. The Balaban J connectivity index is 1.76. The van der Waals surface area contributed by atoms with Crippen molar-refractivity contribution in [3.05, 3.63) is 64.1 Å². The quantitative estimate of drug-likeness (QED) is 0.679. The summed E-state index contributed by atoms with van der Waals surface area (Å²) in [6, 6.07) is 12.9. The fraction of sp³-hybridized carbons (Fsp3) is 0.158. The Labute approximate surface area is 160 Å². The van der Waals surface area contributed by atoms with E-state index in [-0.39, 0.29) is 5.91 Å². The number of para-hydroxylation sites is 1. The van der Waals surface area contributed by atoms with Gasteiger partial charge in [-0.3, -0.25) is 4.79 Å². The normalized spacial score (nSPS) is 10.4. The number of nitrogens with one attached hydrogen (secondary N) is 1. The average molecular weight is 389 g/mol. The monoisotopic (exact) mass is 388 g/mol. The maximum Gasteiger partial charge on any atom is 0.271 e. The van der Waals surface area contributed by atoms with Gasteiger partial charge in [0.2, 0.25) is 0 Å². The molecule has 3 rings (SSSR count). The number of methoxy groups -OCH3 is 2. The summed E-state index contributed by atoms with van der Waals surface area (Å²) in [5, 5.41) is 5.90. The summed E-state index contributed by atoms with van der Waals surface area (Å²) in [5.41, 5.74) is 2.07. The van der Waals surface area contributed by atoms with Gasteiger partial charge in [-0.1, -0.05) is 29.8 Å². The van der Waals surface area contributed by atoms with Crippen LogP contribution in [0, 0.1) is 0 Å². The van der Waals surface area contributed by atoms with Gasteiger partial charge in [0, 0.05) is 16.9 Å². The van der Waals surface area contributed by atoms with E-state index in [0.717, 1.165) is 11.1 Å². The number of thiazole rings is 1. The average Bonchev–Trinajstić information content (AvgIpc) is 3.15. The van der Waals surface area contributed by atoms with Crippen molar-refractivity contribution in [3.63, 3.8) is 0 Å². The summed E-state index contributed by atoms with van der Waals surface area (Å²) >= 11 is 7.33. The number of ether oxygens (including phenoxy) is 2. The van der Waals surface area contributed by atoms with Crippen LogP contribution in [0.25, 0.3) is 10.6 Å². The van der Waals surface area contributed by atoms with E-state index in [1.165, 1.54) is 11.3 Å². The molecule has 5 nitrogen and oxygen atoms in total. The number of aromatic nitrogens is 1. The highest BCUT2D eigenvalue weighted by molar-refractivity contribution is 7.13. The zero-order chi connectivity index (χ0) is 18.5. The molecule has 0 unspecified atom stereocenters. The van der Waals surface area contributed by atoms with Gasteiger partial charge in [0.1, 0.15) is 10.7 Å². The van der Waals surface area contributed by atoms with Crippen LogP contribution in [0.5, 0.6) is 11.5 Å². The van der Waals surface area contributed by atoms with Gasteiger partial charge in [0.05, 0.1) is 19.8 Å². The van der Waals surface area contributed by atoms with Gasteiger partial charge in [0.25, 0.3) is 5.91 Å². The largest absolute Gasteiger partial charge is 0.493 e. The molecule has 0 bridgehead atoms. The molecule has 0 radical (unpaired) electrons. The number of benzene rings is 2. The summed E-state index contributed by atoms with van der Waals surface area (Å²) in [7, 11) is 3.16. The second-order valence-electron chi connectivity index (χ2n) is 5.39. The molecule has 7 heteroatoms. The van der Waals surface area contributed by atoms with Crippen LogP contribution >= 0.6 is 22.9 Å². The second kappa shape index (κ2) is 8.21. The minimum absolute atomic E-state index is 0.241. The van der Waals surface area contributed by atoms with E-state index in [4.69, 9.17) is 21.1 Å². The number of carbonyl (C=O) groups excluding carboxylic acids is 1. The SMILES string of the molecule is COc1cccc(-c2nc(C(=O)NCc3cccc(Cl)c3)cs2)c1OC. The van der Waals surface area contributed by atoms with Crippen molar-refractivity contribution in [1.82, 2.24) is 10.3 Å². The molecule has 3 aromatic rings. The standard InChI is InChI=1S/C19H17ClN2O3S/c1-24-16-8-4-7-14(17(16)25-2)19-22-15(11-26-19)18(23)21-10-12-5-3-6-13(20)9-12/h3-9,11H,10H2,1-2H3,(H,21,23). The summed E-state index contributed by atoms with van der Waals surface area (Å²) in [6.45, 7) is 0.384. The molecule has 1 amide bonds. The van der Waals surface area contributed by atoms with Crippen molar-refractivity contribution in [2.24, 2.45) is 0 Å². The van der Waals surface area contributed by atoms with E-state index in [1.54, 1.807) is 25.7 Å². The van der Waals surface area contributed by atoms with Crippen molar-refractivity contribution >= 4 is 28.8 Å². The Bertz CT molecular complexity index is 927. The molecule has 0 spiro atoms. The fourth-order valence-corrected chi connectivity index (χ4v) is 3.51. The molecule has 1 aromatic heterocycles. The number of amides is 1. The molecule has 0 aliphatic carbocycles. The van der Waals surface area contributed by atoms with Gasteiger partial charge >= 0.3 is 0 Å². The zero-order valence-electron chi connectivity index (χ0n) is 14.3. The first-order chi connectivity index (χ1) is 12.6. The first kappa shape index (κ1) is 18.2. The Hall–Kier alpha value is -2.57. The highest BCUT2D eigenvalue weighted by atomic mass is 35.5. The first-order valence-corrected chi connectivity index (χ1v) is 9.07. The van der Waals surface area contributed by atoms with Crippen molar-refractivity contribution in [3.8, 4) is 22.1 Å². The molecule has 0 atom stereocenters. The summed E-state index contributed by atoms with van der Waals surface area (Å²) < 4.78 is 10.7. The Morgan fingerprint density at radius 1 is 1.19 bits per heavy atom. The Morgan fingerprint density at radius 2 is 2.00 bits per heavy atom. The Kier molecular flexibility index (Phi) is 5.75. The van der Waals surface area contributed by atoms with Gasteiger partial charge in [-0.25, -0.2) is 4.98 Å². The van der Waals surface area contributed by atoms with Gasteiger partial charge < -0.3 is 14.8 Å². The van der Waals surface area contributed by atoms with E-state index in [2.05, 4.69) is 10.3 Å². The maximum atomic E-state index is 12.4. The molecule has 2 aromatic carbocycles. The predicted octanol–water partition coefficient (Wildman–Crippen LogP) is 4.41. The van der Waals surface area contributed by atoms with Crippen LogP contribution in [-0.4, -0.2) is 25.1 Å². The Morgan fingerprint density at radius 3 is 2.73 bits per heavy atom. The molecule has 1 heterocycles. The smallest absolute Gasteiger partial charge is 0.271 e. The molecule has 0 saturated carbocycles. The second-order valence-corrected chi connectivity index (χ2v) is 6.69. The molecule has 0 saturated heterocycles. The predicted molar refractivity (Wildman–Crippen MR) is 103 cm³/mol. The van der Waals surface area contributed by atoms with E-state index < -0.39 is 0 Å². The van der Waals surface area contributed by atoms with Crippen LogP contribution in [-0.2, 0) is 6.54 Å². The summed E-state index contributed by atoms with van der Waals surface area (Å²) in [5.74, 6) is 0.969. The van der Waals surface area contributed by atoms with E-state index in [1.807, 2.05) is 36.4 Å². The molecule has 134 valence electrons. The highest BCUT2D eigenvalue weighted by Gasteiger charge is 2.17. The number of hydrogen-bond acceptors (Lipinski definition) is 5. The molecule has 0 fully saturated rings. The van der Waals surface area contributed by atoms with E-state index in [0.29, 0.717) is 33.8 Å². The number of nitrogens with zero attached hydrogens (tertiary/aromatic N) is 1. The van der Waals surface area contributed by atoms with Crippen LogP contribution in [0.2, 0.25) is 5.02 Å². The van der Waals surface area contributed by atoms with Crippen molar-refractivity contribution in [2.45, 2.75) is 6.54 Å². The maximum absolute atomic E-state index is 12.4. The topological polar surface area (TPSA) is 60.5 Å². The molecule has 1 N–H and O–H groups in total. The van der Waals surface area contributed by atoms with Crippen LogP contribution in [0.15, 0.2) is 47.8 Å². The number of rotatable bonds is 6. The third-order valence-electron chi connectivity index (χ3n) is 3.71. The lowest BCUT2D eigenvalue weighted by molar-refractivity contribution is 0.0946. The molecule has 0 aliphatic rings. The van der Waals surface area contributed by atoms with Crippen LogP contribution < -0.4 is 14.8 Å². The minimum atomic E-state index is -0.241. The van der Waals surface area contributed by atoms with E-state index in [9.17, 15) is 4.79 Å². The first-order valence-electron chi connectivity index (χ1n) is 7.82. The van der Waals surface area contributed by atoms with Gasteiger partial charge in [-0.05, 0) is 29.8 Å². The third-order valence-corrected chi connectivity index (χ3v) is 4.82. The van der Waals surface area contributed by atoms with Crippen molar-refractivity contribution < 1.29 is 14.3 Å². The van der Waals surface area contributed by atoms with Crippen molar-refractivity contribution in [2.75, 3.05) is 14.2 Å². The lowest BCUT2D eigenvalue weighted by Crippen LogP contribution is -2.23. The molecular formula is C19H17ClN2O3S. The summed E-state index contributed by atoms with van der Waals surface area (Å²) in [4.78, 5) is 16.8. The van der Waals surface area contributed by atoms with E-state index >= 15 is 0 Å². The number of carbonyl (C=O) groups is 1. The van der Waals surface area contributed by atoms with Gasteiger partial charge in [-0.2, -0.15) is 0 Å². The van der Waals surface area contributed by atoms with Crippen LogP contribution in [0.1, 0.15) is 16.1 Å². The highest BCUT2D eigenvalue weighted by Crippen LogP contribution is 2.38. The number of halogens is 1. The zero-order valence-corrected chi connectivity index (χ0v) is 15.9. The van der Waals surface area contributed by atoms with Crippen LogP contribution in [0.4, 0.5) is 0 Å². The van der Waals surface area contributed by atoms with Crippen molar-refractivity contribution in [1.29, 1.82) is 0 Å². The lowest BCUT2D eigenvalue weighted by atomic mass is 10.2. The van der Waals surface area contributed by atoms with Crippen LogP contribution in [0.3, 0.4) is 0 Å². The lowest BCUT2D eigenvalue weighted by Gasteiger charge is -2.10. The van der Waals surface area contributed by atoms with Gasteiger partial charge in [-0.15, -0.1) is 11.3 Å². The summed E-state index contributed by atoms with van der Waals surface area (Å²) in [6.07, 6.45) is 0. The number of hydrogen-bond donors (Lipinski definition) is 1. The third kappa shape index (κ3) is 3.98. The molecule has 0 aliphatic heterocycles. The molecule has 26 heavy (non-hydrogen) atoms. The minimum Gasteiger partial charge on any atom is -0.493 e. The van der Waals surface area contributed by atoms with Gasteiger partial charge in [0.15, 0.2) is 11.5 Å².